The van der Waals surface area contributed by atoms with Crippen molar-refractivity contribution in [1.82, 2.24) is 9.55 Å². The van der Waals surface area contributed by atoms with E-state index < -0.39 is 0 Å². The largest absolute Gasteiger partial charge is 0.296 e. The number of aromatic nitrogens is 2. The summed E-state index contributed by atoms with van der Waals surface area (Å²) in [4.78, 5) is 3.75. The van der Waals surface area contributed by atoms with Crippen LogP contribution in [0.25, 0.3) is 0 Å². The Morgan fingerprint density at radius 2 is 2.50 bits per heavy atom. The van der Waals surface area contributed by atoms with Crippen LogP contribution in [-0.4, -0.2) is 9.55 Å². The van der Waals surface area contributed by atoms with Crippen LogP contribution in [0.1, 0.15) is 5.69 Å². The third kappa shape index (κ3) is 0.782. The molecule has 4 nitrogen and oxygen atoms in total. The van der Waals surface area contributed by atoms with E-state index in [-0.39, 0.29) is 5.95 Å². The zero-order chi connectivity index (χ0) is 8.55. The van der Waals surface area contributed by atoms with Gasteiger partial charge in [-0.15, -0.1) is 0 Å². The van der Waals surface area contributed by atoms with Crippen molar-refractivity contribution in [3.05, 3.63) is 24.2 Å². The zero-order valence-corrected chi connectivity index (χ0v) is 6.11. The van der Waals surface area contributed by atoms with Gasteiger partial charge in [0.1, 0.15) is 11.8 Å². The molecule has 0 spiro atoms. The summed E-state index contributed by atoms with van der Waals surface area (Å²) in [7, 11) is 0. The molecule has 0 fully saturated rings. The monoisotopic (exact) mass is 164 g/mol. The number of hydrogen-bond donors (Lipinski definition) is 0. The predicted molar refractivity (Wildman–Crippen MR) is 39.7 cm³/mol. The number of allylic oxidation sites excluding steroid dienone is 1. The van der Waals surface area contributed by atoms with Gasteiger partial charge in [-0.05, 0) is 6.08 Å². The highest BCUT2D eigenvalue weighted by atomic mass is 19.2. The smallest absolute Gasteiger partial charge is 0.239 e. The van der Waals surface area contributed by atoms with E-state index in [9.17, 15) is 4.48 Å². The number of fused-ring (bicyclic) bond motifs is 1. The van der Waals surface area contributed by atoms with Crippen molar-refractivity contribution in [1.29, 1.82) is 5.26 Å². The first-order valence-corrected chi connectivity index (χ1v) is 3.40. The molecule has 1 aromatic heterocycles. The number of rotatable bonds is 0. The van der Waals surface area contributed by atoms with Gasteiger partial charge in [0.25, 0.3) is 0 Å². The summed E-state index contributed by atoms with van der Waals surface area (Å²) in [5, 5.41) is 8.99. The molecule has 0 atom stereocenters. The van der Waals surface area contributed by atoms with Crippen molar-refractivity contribution in [2.75, 3.05) is 5.12 Å². The van der Waals surface area contributed by atoms with Crippen LogP contribution in [0, 0.1) is 11.3 Å². The average molecular weight is 164 g/mol. The minimum absolute atomic E-state index is 0.161. The summed E-state index contributed by atoms with van der Waals surface area (Å²) >= 11 is 0. The van der Waals surface area contributed by atoms with Gasteiger partial charge in [0.2, 0.25) is 5.95 Å². The second-order valence-corrected chi connectivity index (χ2v) is 2.36. The van der Waals surface area contributed by atoms with Crippen molar-refractivity contribution in [2.24, 2.45) is 0 Å². The molecule has 5 heteroatoms. The minimum Gasteiger partial charge on any atom is -0.296 e. The summed E-state index contributed by atoms with van der Waals surface area (Å²) in [6.07, 6.45) is 4.26. The summed E-state index contributed by atoms with van der Waals surface area (Å²) in [5.74, 6) is 0.161. The molecule has 0 saturated heterocycles. The Balaban J connectivity index is 2.54. The van der Waals surface area contributed by atoms with E-state index in [2.05, 4.69) is 4.98 Å². The number of nitriles is 1. The molecule has 0 unspecified atom stereocenters. The number of imidazole rings is 1. The molecule has 0 aromatic carbocycles. The van der Waals surface area contributed by atoms with Crippen LogP contribution in [0.5, 0.6) is 0 Å². The maximum absolute atomic E-state index is 12.9. The molecule has 0 aliphatic carbocycles. The van der Waals surface area contributed by atoms with Crippen LogP contribution >= 0.6 is 0 Å². The number of halogens is 1. The maximum Gasteiger partial charge on any atom is 0.239 e. The predicted octanol–water partition coefficient (Wildman–Crippen LogP) is 0.973. The lowest BCUT2D eigenvalue weighted by Gasteiger charge is -2.14. The standard InChI is InChI=1S/C7H5FN4/c8-12-3-1-2-11-6(4-9)5-10-7(11)12/h1,3,5H,2H2. The Bertz CT molecular complexity index is 373. The molecular formula is C7H5FN4. The maximum atomic E-state index is 12.9. The Kier molecular flexibility index (Phi) is 1.34. The summed E-state index contributed by atoms with van der Waals surface area (Å²) < 4.78 is 14.4. The molecule has 12 heavy (non-hydrogen) atoms. The van der Waals surface area contributed by atoms with Crippen LogP contribution < -0.4 is 5.12 Å². The van der Waals surface area contributed by atoms with Crippen LogP contribution in [-0.2, 0) is 6.54 Å². The highest BCUT2D eigenvalue weighted by Gasteiger charge is 2.16. The quantitative estimate of drug-likeness (QED) is 0.537. The molecule has 0 saturated carbocycles. The van der Waals surface area contributed by atoms with E-state index in [1.807, 2.05) is 6.07 Å². The molecule has 0 N–H and O–H groups in total. The molecule has 60 valence electrons. The first kappa shape index (κ1) is 6.85. The van der Waals surface area contributed by atoms with Gasteiger partial charge in [-0.3, -0.25) is 4.57 Å². The highest BCUT2D eigenvalue weighted by Crippen LogP contribution is 2.19. The molecule has 1 aliphatic heterocycles. The highest BCUT2D eigenvalue weighted by molar-refractivity contribution is 5.40. The fraction of sp³-hybridized carbons (Fsp3) is 0.143. The van der Waals surface area contributed by atoms with Crippen LogP contribution in [0.15, 0.2) is 18.5 Å². The van der Waals surface area contributed by atoms with Crippen molar-refractivity contribution < 1.29 is 4.48 Å². The topological polar surface area (TPSA) is 44.9 Å². The van der Waals surface area contributed by atoms with E-state index in [0.29, 0.717) is 17.4 Å². The Labute approximate surface area is 68.1 Å². The van der Waals surface area contributed by atoms with Crippen LogP contribution in [0.2, 0.25) is 0 Å². The molecule has 1 aromatic rings. The average Bonchev–Trinajstić information content (AvgIpc) is 2.49. The van der Waals surface area contributed by atoms with E-state index in [1.165, 1.54) is 17.0 Å². The molecule has 0 bridgehead atoms. The lowest BCUT2D eigenvalue weighted by molar-refractivity contribution is 0.467. The van der Waals surface area contributed by atoms with Gasteiger partial charge >= 0.3 is 0 Å². The molecular weight excluding hydrogens is 159 g/mol. The first-order valence-electron chi connectivity index (χ1n) is 3.40. The van der Waals surface area contributed by atoms with Crippen molar-refractivity contribution >= 4 is 5.95 Å². The van der Waals surface area contributed by atoms with Crippen LogP contribution in [0.3, 0.4) is 0 Å². The molecule has 2 rings (SSSR count). The van der Waals surface area contributed by atoms with E-state index in [0.717, 1.165) is 0 Å². The fourth-order valence-electron chi connectivity index (χ4n) is 1.12. The molecule has 0 amide bonds. The molecule has 2 heterocycles. The lowest BCUT2D eigenvalue weighted by atomic mass is 10.4. The van der Waals surface area contributed by atoms with Crippen LogP contribution in [0.4, 0.5) is 10.4 Å². The Morgan fingerprint density at radius 1 is 1.67 bits per heavy atom. The lowest BCUT2D eigenvalue weighted by Crippen LogP contribution is -2.15. The number of anilines is 1. The zero-order valence-electron chi connectivity index (χ0n) is 6.11. The van der Waals surface area contributed by atoms with Gasteiger partial charge in [-0.2, -0.15) is 10.4 Å². The van der Waals surface area contributed by atoms with Gasteiger partial charge in [0, 0.05) is 12.7 Å². The number of nitrogens with zero attached hydrogens (tertiary/aromatic N) is 4. The minimum atomic E-state index is 0.161. The summed E-state index contributed by atoms with van der Waals surface area (Å²) in [6.45, 7) is 0.499. The first-order chi connectivity index (χ1) is 5.83. The number of hydrogen-bond acceptors (Lipinski definition) is 3. The molecule has 0 radical (unpaired) electrons. The van der Waals surface area contributed by atoms with E-state index in [4.69, 9.17) is 5.26 Å². The van der Waals surface area contributed by atoms with Crippen molar-refractivity contribution in [3.8, 4) is 6.07 Å². The normalized spacial score (nSPS) is 14.2. The van der Waals surface area contributed by atoms with Crippen molar-refractivity contribution in [2.45, 2.75) is 6.54 Å². The fourth-order valence-corrected chi connectivity index (χ4v) is 1.12. The van der Waals surface area contributed by atoms with Gasteiger partial charge < -0.3 is 0 Å². The van der Waals surface area contributed by atoms with E-state index in [1.54, 1.807) is 6.08 Å². The molecule has 1 aliphatic rings. The second kappa shape index (κ2) is 2.34. The third-order valence-corrected chi connectivity index (χ3v) is 1.66. The second-order valence-electron chi connectivity index (χ2n) is 2.36. The summed E-state index contributed by atoms with van der Waals surface area (Å²) in [6, 6.07) is 1.93. The van der Waals surface area contributed by atoms with Gasteiger partial charge in [-0.25, -0.2) is 4.98 Å². The Hall–Kier alpha value is -1.83. The van der Waals surface area contributed by atoms with Crippen molar-refractivity contribution in [3.63, 3.8) is 0 Å². The van der Waals surface area contributed by atoms with E-state index >= 15 is 0 Å². The SMILES string of the molecule is N#Cc1cnc2n1CC=CN2F. The Morgan fingerprint density at radius 3 is 3.25 bits per heavy atom. The van der Waals surface area contributed by atoms with Gasteiger partial charge in [0.05, 0.1) is 6.20 Å². The summed E-state index contributed by atoms with van der Waals surface area (Å²) in [5.41, 5.74) is 0.372. The third-order valence-electron chi connectivity index (χ3n) is 1.66. The van der Waals surface area contributed by atoms with Gasteiger partial charge in [-0.1, -0.05) is 4.48 Å². The van der Waals surface area contributed by atoms with Gasteiger partial charge in [0.15, 0.2) is 0 Å².